The molecule has 2 aromatic heterocycles. The Morgan fingerprint density at radius 3 is 2.64 bits per heavy atom. The van der Waals surface area contributed by atoms with E-state index in [0.29, 0.717) is 28.8 Å². The first-order valence-electron chi connectivity index (χ1n) is 7.66. The predicted octanol–water partition coefficient (Wildman–Crippen LogP) is 5.18. The van der Waals surface area contributed by atoms with Gasteiger partial charge in [-0.25, -0.2) is 0 Å². The largest absolute Gasteiger partial charge is 0.469 e. The second-order valence-corrected chi connectivity index (χ2v) is 6.37. The van der Waals surface area contributed by atoms with Crippen LogP contribution in [0.25, 0.3) is 11.4 Å². The second-order valence-electron chi connectivity index (χ2n) is 5.43. The number of furan rings is 1. The molecule has 1 aromatic carbocycles. The SMILES string of the molecule is CCn1c(SCc2cccc(C(F)(F)F)c2)nnc1-c1ccoc1C. The van der Waals surface area contributed by atoms with Crippen LogP contribution in [0.1, 0.15) is 23.8 Å². The fourth-order valence-electron chi connectivity index (χ4n) is 2.48. The molecule has 0 saturated heterocycles. The number of benzene rings is 1. The van der Waals surface area contributed by atoms with Gasteiger partial charge in [0, 0.05) is 12.3 Å². The molecule has 8 heteroatoms. The van der Waals surface area contributed by atoms with E-state index in [9.17, 15) is 13.2 Å². The summed E-state index contributed by atoms with van der Waals surface area (Å²) in [7, 11) is 0. The third-order valence-corrected chi connectivity index (χ3v) is 4.79. The smallest absolute Gasteiger partial charge is 0.416 e. The van der Waals surface area contributed by atoms with E-state index in [1.807, 2.05) is 24.5 Å². The quantitative estimate of drug-likeness (QED) is 0.583. The first kappa shape index (κ1) is 17.6. The lowest BCUT2D eigenvalue weighted by Gasteiger charge is -2.09. The standard InChI is InChI=1S/C17H16F3N3OS/c1-3-23-15(14-7-8-24-11(14)2)21-22-16(23)25-10-12-5-4-6-13(9-12)17(18,19)20/h4-9H,3,10H2,1-2H3. The first-order valence-corrected chi connectivity index (χ1v) is 8.65. The van der Waals surface area contributed by atoms with Crippen molar-refractivity contribution in [1.82, 2.24) is 14.8 Å². The third-order valence-electron chi connectivity index (χ3n) is 3.76. The summed E-state index contributed by atoms with van der Waals surface area (Å²) in [5.41, 5.74) is 0.809. The van der Waals surface area contributed by atoms with Crippen LogP contribution < -0.4 is 0 Å². The van der Waals surface area contributed by atoms with Crippen LogP contribution in [0.4, 0.5) is 13.2 Å². The Labute approximate surface area is 147 Å². The van der Waals surface area contributed by atoms with Crippen LogP contribution in [0.15, 0.2) is 46.2 Å². The van der Waals surface area contributed by atoms with Crippen molar-refractivity contribution in [2.45, 2.75) is 37.5 Å². The monoisotopic (exact) mass is 367 g/mol. The summed E-state index contributed by atoms with van der Waals surface area (Å²) in [6, 6.07) is 7.16. The Balaban J connectivity index is 1.81. The lowest BCUT2D eigenvalue weighted by molar-refractivity contribution is -0.137. The van der Waals surface area contributed by atoms with Crippen LogP contribution in [0, 0.1) is 6.92 Å². The molecular formula is C17H16F3N3OS. The van der Waals surface area contributed by atoms with E-state index in [2.05, 4.69) is 10.2 Å². The predicted molar refractivity (Wildman–Crippen MR) is 89.1 cm³/mol. The second kappa shape index (κ2) is 6.95. The summed E-state index contributed by atoms with van der Waals surface area (Å²) < 4.78 is 45.7. The van der Waals surface area contributed by atoms with Crippen LogP contribution in [0.2, 0.25) is 0 Å². The van der Waals surface area contributed by atoms with E-state index < -0.39 is 11.7 Å². The van der Waals surface area contributed by atoms with Gasteiger partial charge >= 0.3 is 6.18 Å². The lowest BCUT2D eigenvalue weighted by atomic mass is 10.1. The lowest BCUT2D eigenvalue weighted by Crippen LogP contribution is -2.05. The molecule has 0 aliphatic carbocycles. The molecule has 0 amide bonds. The minimum Gasteiger partial charge on any atom is -0.469 e. The molecule has 0 bridgehead atoms. The number of rotatable bonds is 5. The highest BCUT2D eigenvalue weighted by molar-refractivity contribution is 7.98. The van der Waals surface area contributed by atoms with Gasteiger partial charge in [0.2, 0.25) is 0 Å². The Morgan fingerprint density at radius 2 is 2.00 bits per heavy atom. The van der Waals surface area contributed by atoms with E-state index in [1.165, 1.54) is 23.9 Å². The molecule has 0 atom stereocenters. The van der Waals surface area contributed by atoms with Gasteiger partial charge in [0.05, 0.1) is 17.4 Å². The molecule has 0 N–H and O–H groups in total. The maximum Gasteiger partial charge on any atom is 0.416 e. The van der Waals surface area contributed by atoms with Gasteiger partial charge < -0.3 is 8.98 Å². The number of aryl methyl sites for hydroxylation is 1. The molecule has 2 heterocycles. The molecule has 0 saturated carbocycles. The van der Waals surface area contributed by atoms with E-state index >= 15 is 0 Å². The zero-order chi connectivity index (χ0) is 18.0. The number of alkyl halides is 3. The van der Waals surface area contributed by atoms with E-state index in [4.69, 9.17) is 4.42 Å². The minimum absolute atomic E-state index is 0.381. The zero-order valence-corrected chi connectivity index (χ0v) is 14.5. The van der Waals surface area contributed by atoms with Crippen LogP contribution in [-0.2, 0) is 18.5 Å². The molecule has 3 aromatic rings. The number of halogens is 3. The maximum atomic E-state index is 12.8. The van der Waals surface area contributed by atoms with Crippen molar-refractivity contribution in [1.29, 1.82) is 0 Å². The Bertz CT molecular complexity index is 870. The number of hydrogen-bond acceptors (Lipinski definition) is 4. The highest BCUT2D eigenvalue weighted by Crippen LogP contribution is 2.32. The summed E-state index contributed by atoms with van der Waals surface area (Å²) in [5.74, 6) is 1.82. The van der Waals surface area contributed by atoms with Gasteiger partial charge in [-0.1, -0.05) is 30.0 Å². The summed E-state index contributed by atoms with van der Waals surface area (Å²) in [6.45, 7) is 4.47. The van der Waals surface area contributed by atoms with Gasteiger partial charge in [-0.15, -0.1) is 10.2 Å². The van der Waals surface area contributed by atoms with Crippen LogP contribution in [-0.4, -0.2) is 14.8 Å². The third kappa shape index (κ3) is 3.73. The molecule has 25 heavy (non-hydrogen) atoms. The van der Waals surface area contributed by atoms with Crippen molar-refractivity contribution in [3.05, 3.63) is 53.5 Å². The average molecular weight is 367 g/mol. The highest BCUT2D eigenvalue weighted by Gasteiger charge is 2.30. The summed E-state index contributed by atoms with van der Waals surface area (Å²) in [4.78, 5) is 0. The molecule has 0 aliphatic rings. The highest BCUT2D eigenvalue weighted by atomic mass is 32.2. The van der Waals surface area contributed by atoms with Crippen molar-refractivity contribution in [3.63, 3.8) is 0 Å². The van der Waals surface area contributed by atoms with Gasteiger partial charge in [-0.2, -0.15) is 13.2 Å². The van der Waals surface area contributed by atoms with Crippen molar-refractivity contribution in [2.75, 3.05) is 0 Å². The van der Waals surface area contributed by atoms with E-state index in [0.717, 1.165) is 17.4 Å². The fraction of sp³-hybridized carbons (Fsp3) is 0.294. The Kier molecular flexibility index (Phi) is 4.89. The first-order chi connectivity index (χ1) is 11.9. The van der Waals surface area contributed by atoms with Crippen molar-refractivity contribution in [3.8, 4) is 11.4 Å². The zero-order valence-electron chi connectivity index (χ0n) is 13.7. The van der Waals surface area contributed by atoms with Crippen LogP contribution in [0.5, 0.6) is 0 Å². The maximum absolute atomic E-state index is 12.8. The average Bonchev–Trinajstić information content (AvgIpc) is 3.17. The molecule has 3 rings (SSSR count). The van der Waals surface area contributed by atoms with Gasteiger partial charge in [-0.3, -0.25) is 0 Å². The summed E-state index contributed by atoms with van der Waals surface area (Å²) >= 11 is 1.36. The van der Waals surface area contributed by atoms with Crippen LogP contribution in [0.3, 0.4) is 0 Å². The topological polar surface area (TPSA) is 43.9 Å². The van der Waals surface area contributed by atoms with E-state index in [1.54, 1.807) is 12.3 Å². The summed E-state index contributed by atoms with van der Waals surface area (Å²) in [5, 5.41) is 9.06. The van der Waals surface area contributed by atoms with Gasteiger partial charge in [-0.05, 0) is 31.5 Å². The molecule has 0 aliphatic heterocycles. The van der Waals surface area contributed by atoms with Crippen molar-refractivity contribution < 1.29 is 17.6 Å². The molecule has 0 radical (unpaired) electrons. The van der Waals surface area contributed by atoms with Gasteiger partial charge in [0.15, 0.2) is 11.0 Å². The molecular weight excluding hydrogens is 351 g/mol. The summed E-state index contributed by atoms with van der Waals surface area (Å²) in [6.07, 6.45) is -2.75. The van der Waals surface area contributed by atoms with Crippen LogP contribution >= 0.6 is 11.8 Å². The molecule has 4 nitrogen and oxygen atoms in total. The van der Waals surface area contributed by atoms with Gasteiger partial charge in [0.1, 0.15) is 5.76 Å². The number of hydrogen-bond donors (Lipinski definition) is 0. The van der Waals surface area contributed by atoms with E-state index in [-0.39, 0.29) is 0 Å². The molecule has 0 fully saturated rings. The normalized spacial score (nSPS) is 11.9. The van der Waals surface area contributed by atoms with Gasteiger partial charge in [0.25, 0.3) is 0 Å². The molecule has 0 spiro atoms. The fourth-order valence-corrected chi connectivity index (χ4v) is 3.43. The Hall–Kier alpha value is -2.22. The Morgan fingerprint density at radius 1 is 1.20 bits per heavy atom. The minimum atomic E-state index is -4.34. The molecule has 0 unspecified atom stereocenters. The molecule has 132 valence electrons. The number of nitrogens with zero attached hydrogens (tertiary/aromatic N) is 3. The van der Waals surface area contributed by atoms with Crippen molar-refractivity contribution in [2.24, 2.45) is 0 Å². The number of thioether (sulfide) groups is 1. The van der Waals surface area contributed by atoms with Crippen molar-refractivity contribution >= 4 is 11.8 Å². The number of aromatic nitrogens is 3.